The molecule has 1 unspecified atom stereocenters. The van der Waals surface area contributed by atoms with Gasteiger partial charge in [-0.15, -0.1) is 0 Å². The second-order valence-electron chi connectivity index (χ2n) is 6.52. The summed E-state index contributed by atoms with van der Waals surface area (Å²) in [6.45, 7) is 7.10. The average Bonchev–Trinajstić information content (AvgIpc) is 2.83. The van der Waals surface area contributed by atoms with Crippen LogP contribution in [-0.2, 0) is 10.0 Å². The molecule has 1 aliphatic rings. The van der Waals surface area contributed by atoms with E-state index in [0.717, 1.165) is 12.5 Å². The highest BCUT2D eigenvalue weighted by Crippen LogP contribution is 2.37. The zero-order valence-electron chi connectivity index (χ0n) is 12.4. The number of halogens is 2. The SMILES string of the molecule is CC(C)(C)C1CCN(S(=O)(=O)c2cc(N)c(Br)cc2F)C1. The maximum Gasteiger partial charge on any atom is 0.246 e. The summed E-state index contributed by atoms with van der Waals surface area (Å²) in [6.07, 6.45) is 0.788. The van der Waals surface area contributed by atoms with Crippen molar-refractivity contribution >= 4 is 31.6 Å². The van der Waals surface area contributed by atoms with Crippen molar-refractivity contribution in [2.75, 3.05) is 18.8 Å². The minimum absolute atomic E-state index is 0.0293. The molecule has 4 nitrogen and oxygen atoms in total. The van der Waals surface area contributed by atoms with Crippen LogP contribution < -0.4 is 5.73 Å². The quantitative estimate of drug-likeness (QED) is 0.803. The van der Waals surface area contributed by atoms with Crippen LogP contribution in [0.4, 0.5) is 10.1 Å². The molecule has 1 heterocycles. The minimum atomic E-state index is -3.84. The van der Waals surface area contributed by atoms with Crippen molar-refractivity contribution in [3.63, 3.8) is 0 Å². The minimum Gasteiger partial charge on any atom is -0.398 e. The first-order chi connectivity index (χ1) is 9.53. The van der Waals surface area contributed by atoms with E-state index in [1.165, 1.54) is 10.4 Å². The molecule has 1 fully saturated rings. The summed E-state index contributed by atoms with van der Waals surface area (Å²) in [4.78, 5) is -0.349. The number of nitrogen functional groups attached to an aromatic ring is 1. The molecule has 1 aliphatic heterocycles. The van der Waals surface area contributed by atoms with E-state index in [0.29, 0.717) is 17.6 Å². The fraction of sp³-hybridized carbons (Fsp3) is 0.571. The number of hydrogen-bond acceptors (Lipinski definition) is 3. The van der Waals surface area contributed by atoms with E-state index in [4.69, 9.17) is 5.73 Å². The predicted molar refractivity (Wildman–Crippen MR) is 84.8 cm³/mol. The average molecular weight is 379 g/mol. The van der Waals surface area contributed by atoms with Crippen LogP contribution >= 0.6 is 15.9 Å². The topological polar surface area (TPSA) is 63.4 Å². The Balaban J connectivity index is 2.34. The summed E-state index contributed by atoms with van der Waals surface area (Å²) in [7, 11) is -3.84. The lowest BCUT2D eigenvalue weighted by atomic mass is 9.80. The highest BCUT2D eigenvalue weighted by Gasteiger charge is 2.38. The predicted octanol–water partition coefficient (Wildman–Crippen LogP) is 3.23. The van der Waals surface area contributed by atoms with Gasteiger partial charge in [0, 0.05) is 23.2 Å². The largest absolute Gasteiger partial charge is 0.398 e. The van der Waals surface area contributed by atoms with Crippen LogP contribution in [0, 0.1) is 17.2 Å². The first-order valence-electron chi connectivity index (χ1n) is 6.78. The zero-order valence-corrected chi connectivity index (χ0v) is 14.8. The highest BCUT2D eigenvalue weighted by atomic mass is 79.9. The van der Waals surface area contributed by atoms with Crippen LogP contribution in [0.3, 0.4) is 0 Å². The van der Waals surface area contributed by atoms with Crippen LogP contribution in [0.2, 0.25) is 0 Å². The van der Waals surface area contributed by atoms with Gasteiger partial charge < -0.3 is 5.73 Å². The number of benzene rings is 1. The van der Waals surface area contributed by atoms with Crippen molar-refractivity contribution in [2.45, 2.75) is 32.1 Å². The standard InChI is InChI=1S/C14H20BrFN2O2S/c1-14(2,3)9-4-5-18(8-9)21(19,20)13-7-12(17)10(15)6-11(13)16/h6-7,9H,4-5,8,17H2,1-3H3. The normalized spacial score (nSPS) is 20.9. The van der Waals surface area contributed by atoms with Gasteiger partial charge >= 0.3 is 0 Å². The molecule has 0 bridgehead atoms. The van der Waals surface area contributed by atoms with Crippen LogP contribution in [0.25, 0.3) is 0 Å². The lowest BCUT2D eigenvalue weighted by Gasteiger charge is -2.27. The van der Waals surface area contributed by atoms with Crippen molar-refractivity contribution in [3.05, 3.63) is 22.4 Å². The molecule has 7 heteroatoms. The van der Waals surface area contributed by atoms with E-state index >= 15 is 0 Å². The molecule has 118 valence electrons. The van der Waals surface area contributed by atoms with Crippen molar-refractivity contribution in [1.82, 2.24) is 4.31 Å². The molecule has 1 aromatic carbocycles. The lowest BCUT2D eigenvalue weighted by molar-refractivity contribution is 0.252. The van der Waals surface area contributed by atoms with E-state index in [1.54, 1.807) is 0 Å². The second kappa shape index (κ2) is 5.52. The van der Waals surface area contributed by atoms with Crippen molar-refractivity contribution in [1.29, 1.82) is 0 Å². The molecule has 0 spiro atoms. The first kappa shape index (κ1) is 16.7. The second-order valence-corrected chi connectivity index (χ2v) is 9.28. The summed E-state index contributed by atoms with van der Waals surface area (Å²) in [5.74, 6) is -0.515. The fourth-order valence-electron chi connectivity index (χ4n) is 2.53. The van der Waals surface area contributed by atoms with Crippen LogP contribution in [0.15, 0.2) is 21.5 Å². The molecule has 21 heavy (non-hydrogen) atoms. The summed E-state index contributed by atoms with van der Waals surface area (Å²) < 4.78 is 40.9. The Bertz CT molecular complexity index is 656. The first-order valence-corrected chi connectivity index (χ1v) is 9.01. The lowest BCUT2D eigenvalue weighted by Crippen LogP contribution is -2.31. The molecule has 0 amide bonds. The van der Waals surface area contributed by atoms with Gasteiger partial charge in [0.15, 0.2) is 0 Å². The van der Waals surface area contributed by atoms with E-state index < -0.39 is 15.8 Å². The number of nitrogens with two attached hydrogens (primary N) is 1. The summed E-state index contributed by atoms with van der Waals surface area (Å²) in [5, 5.41) is 0. The van der Waals surface area contributed by atoms with E-state index in [9.17, 15) is 12.8 Å². The Morgan fingerprint density at radius 3 is 2.52 bits per heavy atom. The maximum atomic E-state index is 14.0. The zero-order chi connectivity index (χ0) is 16.0. The third-order valence-electron chi connectivity index (χ3n) is 4.04. The van der Waals surface area contributed by atoms with Gasteiger partial charge in [0.1, 0.15) is 10.7 Å². The van der Waals surface area contributed by atoms with Gasteiger partial charge in [-0.1, -0.05) is 20.8 Å². The Morgan fingerprint density at radius 1 is 1.38 bits per heavy atom. The molecule has 0 radical (unpaired) electrons. The smallest absolute Gasteiger partial charge is 0.246 e. The molecule has 2 N–H and O–H groups in total. The third kappa shape index (κ3) is 3.24. The van der Waals surface area contributed by atoms with Gasteiger partial charge in [0.25, 0.3) is 0 Å². The number of anilines is 1. The van der Waals surface area contributed by atoms with Gasteiger partial charge in [0.05, 0.1) is 0 Å². The van der Waals surface area contributed by atoms with Crippen molar-refractivity contribution < 1.29 is 12.8 Å². The molecule has 1 aromatic rings. The Hall–Kier alpha value is -0.660. The summed E-state index contributed by atoms with van der Waals surface area (Å²) >= 11 is 3.09. The van der Waals surface area contributed by atoms with Crippen molar-refractivity contribution in [3.8, 4) is 0 Å². The number of sulfonamides is 1. The molecule has 1 atom stereocenters. The molecule has 1 saturated heterocycles. The van der Waals surface area contributed by atoms with Crippen molar-refractivity contribution in [2.24, 2.45) is 11.3 Å². The van der Waals surface area contributed by atoms with E-state index in [2.05, 4.69) is 36.7 Å². The third-order valence-corrected chi connectivity index (χ3v) is 6.61. The van der Waals surface area contributed by atoms with Crippen LogP contribution in [0.5, 0.6) is 0 Å². The summed E-state index contributed by atoms with van der Waals surface area (Å²) in [6, 6.07) is 2.28. The number of rotatable bonds is 2. The Kier molecular flexibility index (Phi) is 4.39. The molecule has 0 saturated carbocycles. The molecular formula is C14H20BrFN2O2S. The highest BCUT2D eigenvalue weighted by molar-refractivity contribution is 9.10. The van der Waals surface area contributed by atoms with E-state index in [-0.39, 0.29) is 21.9 Å². The van der Waals surface area contributed by atoms with Gasteiger partial charge in [-0.05, 0) is 45.8 Å². The van der Waals surface area contributed by atoms with Gasteiger partial charge in [-0.25, -0.2) is 12.8 Å². The monoisotopic (exact) mass is 378 g/mol. The number of hydrogen-bond donors (Lipinski definition) is 1. The Labute approximate surface area is 133 Å². The fourth-order valence-corrected chi connectivity index (χ4v) is 4.43. The molecular weight excluding hydrogens is 359 g/mol. The molecule has 2 rings (SSSR count). The van der Waals surface area contributed by atoms with Crippen LogP contribution in [-0.4, -0.2) is 25.8 Å². The van der Waals surface area contributed by atoms with Gasteiger partial charge in [-0.2, -0.15) is 4.31 Å². The van der Waals surface area contributed by atoms with Crippen LogP contribution in [0.1, 0.15) is 27.2 Å². The van der Waals surface area contributed by atoms with Gasteiger partial charge in [0.2, 0.25) is 10.0 Å². The molecule has 0 aliphatic carbocycles. The van der Waals surface area contributed by atoms with Gasteiger partial charge in [-0.3, -0.25) is 0 Å². The number of nitrogens with zero attached hydrogens (tertiary/aromatic N) is 1. The Morgan fingerprint density at radius 2 is 2.00 bits per heavy atom. The van der Waals surface area contributed by atoms with E-state index in [1.807, 2.05) is 0 Å². The summed E-state index contributed by atoms with van der Waals surface area (Å²) in [5.41, 5.74) is 5.92. The maximum absolute atomic E-state index is 14.0. The molecule has 0 aromatic heterocycles.